The zero-order valence-corrected chi connectivity index (χ0v) is 9.69. The average molecular weight is 269 g/mol. The third-order valence-corrected chi connectivity index (χ3v) is 2.66. The van der Waals surface area contributed by atoms with E-state index >= 15 is 0 Å². The fraction of sp³-hybridized carbons (Fsp3) is 0.200. The van der Waals surface area contributed by atoms with Crippen molar-refractivity contribution in [1.82, 2.24) is 9.78 Å². The monoisotopic (exact) mass is 268 g/mol. The summed E-state index contributed by atoms with van der Waals surface area (Å²) < 4.78 is 7.16. The molecule has 0 saturated heterocycles. The minimum atomic E-state index is 0.0172. The molecule has 0 radical (unpaired) electrons. The Balaban J connectivity index is 2.14. The molecular weight excluding hydrogens is 260 g/mol. The molecule has 0 amide bonds. The Morgan fingerprint density at radius 3 is 3.00 bits per heavy atom. The van der Waals surface area contributed by atoms with Crippen LogP contribution in [0.3, 0.4) is 0 Å². The van der Waals surface area contributed by atoms with Crippen molar-refractivity contribution in [2.24, 2.45) is 7.05 Å². The summed E-state index contributed by atoms with van der Waals surface area (Å²) in [5.74, 6) is 0.0172. The van der Waals surface area contributed by atoms with E-state index in [4.69, 9.17) is 4.42 Å². The number of nitrogens with zero attached hydrogens (tertiary/aromatic N) is 2. The summed E-state index contributed by atoms with van der Waals surface area (Å²) in [6.07, 6.45) is 5.34. The van der Waals surface area contributed by atoms with Crippen LogP contribution in [0.5, 0.6) is 0 Å². The highest BCUT2D eigenvalue weighted by molar-refractivity contribution is 9.10. The van der Waals surface area contributed by atoms with Gasteiger partial charge in [-0.05, 0) is 27.6 Å². The molecule has 2 heterocycles. The van der Waals surface area contributed by atoms with Crippen LogP contribution in [0.15, 0.2) is 33.8 Å². The van der Waals surface area contributed by atoms with Crippen molar-refractivity contribution in [3.05, 3.63) is 40.5 Å². The van der Waals surface area contributed by atoms with E-state index in [0.717, 1.165) is 5.56 Å². The smallest absolute Gasteiger partial charge is 0.179 e. The van der Waals surface area contributed by atoms with Crippen LogP contribution < -0.4 is 0 Å². The van der Waals surface area contributed by atoms with E-state index in [-0.39, 0.29) is 5.78 Å². The van der Waals surface area contributed by atoms with E-state index in [1.165, 1.54) is 6.26 Å². The van der Waals surface area contributed by atoms with E-state index in [2.05, 4.69) is 21.0 Å². The molecule has 2 aromatic rings. The van der Waals surface area contributed by atoms with Gasteiger partial charge in [0.1, 0.15) is 0 Å². The van der Waals surface area contributed by atoms with Crippen LogP contribution in [-0.2, 0) is 13.5 Å². The third kappa shape index (κ3) is 2.18. The van der Waals surface area contributed by atoms with Gasteiger partial charge in [-0.25, -0.2) is 0 Å². The van der Waals surface area contributed by atoms with Gasteiger partial charge in [0.25, 0.3) is 0 Å². The molecule has 0 fully saturated rings. The van der Waals surface area contributed by atoms with Gasteiger partial charge < -0.3 is 4.42 Å². The lowest BCUT2D eigenvalue weighted by Gasteiger charge is -1.95. The largest absolute Gasteiger partial charge is 0.457 e. The average Bonchev–Trinajstić information content (AvgIpc) is 2.75. The van der Waals surface area contributed by atoms with Crippen molar-refractivity contribution in [2.45, 2.75) is 6.42 Å². The lowest BCUT2D eigenvalue weighted by molar-refractivity contribution is 0.0991. The second kappa shape index (κ2) is 4.02. The SMILES string of the molecule is Cn1cc(CC(=O)c2ccoc2Br)cn1. The minimum Gasteiger partial charge on any atom is -0.457 e. The molecule has 5 heteroatoms. The molecule has 0 N–H and O–H groups in total. The van der Waals surface area contributed by atoms with Crippen molar-refractivity contribution < 1.29 is 9.21 Å². The second-order valence-corrected chi connectivity index (χ2v) is 3.95. The number of hydrogen-bond acceptors (Lipinski definition) is 3. The molecule has 0 aliphatic rings. The first kappa shape index (κ1) is 10.2. The Morgan fingerprint density at radius 1 is 1.67 bits per heavy atom. The van der Waals surface area contributed by atoms with Crippen LogP contribution in [0.25, 0.3) is 0 Å². The van der Waals surface area contributed by atoms with Gasteiger partial charge in [0, 0.05) is 19.7 Å². The van der Waals surface area contributed by atoms with Crippen molar-refractivity contribution in [1.29, 1.82) is 0 Å². The molecule has 0 aliphatic carbocycles. The van der Waals surface area contributed by atoms with Crippen LogP contribution in [0.2, 0.25) is 0 Å². The van der Waals surface area contributed by atoms with Gasteiger partial charge in [0.2, 0.25) is 0 Å². The first-order valence-corrected chi connectivity index (χ1v) is 5.20. The number of ketones is 1. The molecule has 2 rings (SSSR count). The van der Waals surface area contributed by atoms with Crippen LogP contribution in [0.1, 0.15) is 15.9 Å². The molecule has 0 atom stereocenters. The highest BCUT2D eigenvalue weighted by Gasteiger charge is 2.13. The van der Waals surface area contributed by atoms with E-state index in [0.29, 0.717) is 16.7 Å². The molecule has 4 nitrogen and oxygen atoms in total. The Hall–Kier alpha value is -1.36. The normalized spacial score (nSPS) is 10.5. The van der Waals surface area contributed by atoms with Gasteiger partial charge in [0.05, 0.1) is 18.0 Å². The maximum Gasteiger partial charge on any atom is 0.179 e. The molecule has 0 aromatic carbocycles. The summed E-state index contributed by atoms with van der Waals surface area (Å²) >= 11 is 3.18. The fourth-order valence-electron chi connectivity index (χ4n) is 1.34. The maximum atomic E-state index is 11.8. The number of halogens is 1. The van der Waals surface area contributed by atoms with Crippen molar-refractivity contribution in [3.8, 4) is 0 Å². The molecule has 0 bridgehead atoms. The molecular formula is C10H9BrN2O2. The summed E-state index contributed by atoms with van der Waals surface area (Å²) in [6.45, 7) is 0. The van der Waals surface area contributed by atoms with Gasteiger partial charge >= 0.3 is 0 Å². The van der Waals surface area contributed by atoms with Crippen LogP contribution in [0.4, 0.5) is 0 Å². The predicted octanol–water partition coefficient (Wildman–Crippen LogP) is 2.20. The van der Waals surface area contributed by atoms with Gasteiger partial charge in [-0.3, -0.25) is 9.48 Å². The Labute approximate surface area is 95.0 Å². The van der Waals surface area contributed by atoms with Crippen LogP contribution in [-0.4, -0.2) is 15.6 Å². The number of carbonyl (C=O) groups excluding carboxylic acids is 1. The Kier molecular flexibility index (Phi) is 2.73. The molecule has 15 heavy (non-hydrogen) atoms. The van der Waals surface area contributed by atoms with Crippen molar-refractivity contribution in [3.63, 3.8) is 0 Å². The number of carbonyl (C=O) groups is 1. The molecule has 78 valence electrons. The minimum absolute atomic E-state index is 0.0172. The first-order valence-electron chi connectivity index (χ1n) is 4.40. The number of rotatable bonds is 3. The van der Waals surface area contributed by atoms with Crippen LogP contribution in [0, 0.1) is 0 Å². The van der Waals surface area contributed by atoms with Gasteiger partial charge in [-0.15, -0.1) is 0 Å². The van der Waals surface area contributed by atoms with Crippen LogP contribution >= 0.6 is 15.9 Å². The zero-order valence-electron chi connectivity index (χ0n) is 8.11. The second-order valence-electron chi connectivity index (χ2n) is 3.23. The topological polar surface area (TPSA) is 48.0 Å². The molecule has 2 aromatic heterocycles. The molecule has 0 spiro atoms. The third-order valence-electron chi connectivity index (χ3n) is 2.04. The summed E-state index contributed by atoms with van der Waals surface area (Å²) in [6, 6.07) is 1.66. The number of aromatic nitrogens is 2. The number of furan rings is 1. The maximum absolute atomic E-state index is 11.8. The number of Topliss-reactive ketones (excluding diaryl/α,β-unsaturated/α-hetero) is 1. The van der Waals surface area contributed by atoms with E-state index in [9.17, 15) is 4.79 Å². The number of hydrogen-bond donors (Lipinski definition) is 0. The molecule has 0 saturated carbocycles. The van der Waals surface area contributed by atoms with Crippen molar-refractivity contribution in [2.75, 3.05) is 0 Å². The van der Waals surface area contributed by atoms with Gasteiger partial charge in [-0.1, -0.05) is 0 Å². The quantitative estimate of drug-likeness (QED) is 0.802. The van der Waals surface area contributed by atoms with Gasteiger partial charge in [-0.2, -0.15) is 5.10 Å². The first-order chi connectivity index (χ1) is 7.16. The summed E-state index contributed by atoms with van der Waals surface area (Å²) in [5.41, 5.74) is 1.47. The Bertz CT molecular complexity index is 487. The highest BCUT2D eigenvalue weighted by atomic mass is 79.9. The summed E-state index contributed by atoms with van der Waals surface area (Å²) in [4.78, 5) is 11.8. The van der Waals surface area contributed by atoms with Gasteiger partial charge in [0.15, 0.2) is 10.5 Å². The lowest BCUT2D eigenvalue weighted by atomic mass is 10.1. The highest BCUT2D eigenvalue weighted by Crippen LogP contribution is 2.19. The molecule has 0 aliphatic heterocycles. The summed E-state index contributed by atoms with van der Waals surface area (Å²) in [5, 5.41) is 4.00. The lowest BCUT2D eigenvalue weighted by Crippen LogP contribution is -2.02. The van der Waals surface area contributed by atoms with E-state index < -0.39 is 0 Å². The molecule has 0 unspecified atom stereocenters. The standard InChI is InChI=1S/C10H9BrN2O2/c1-13-6-7(5-12-13)4-9(14)8-2-3-15-10(8)11/h2-3,5-6H,4H2,1H3. The number of aryl methyl sites for hydroxylation is 1. The van der Waals surface area contributed by atoms with Crippen molar-refractivity contribution >= 4 is 21.7 Å². The summed E-state index contributed by atoms with van der Waals surface area (Å²) in [7, 11) is 1.82. The Morgan fingerprint density at radius 2 is 2.47 bits per heavy atom. The predicted molar refractivity (Wildman–Crippen MR) is 57.7 cm³/mol. The van der Waals surface area contributed by atoms with E-state index in [1.807, 2.05) is 13.2 Å². The fourth-order valence-corrected chi connectivity index (χ4v) is 1.80. The van der Waals surface area contributed by atoms with E-state index in [1.54, 1.807) is 16.9 Å². The zero-order chi connectivity index (χ0) is 10.8.